The fourth-order valence-electron chi connectivity index (χ4n) is 5.29. The van der Waals surface area contributed by atoms with Crippen LogP contribution in [0.4, 0.5) is 0 Å². The lowest BCUT2D eigenvalue weighted by Crippen LogP contribution is -2.02. The highest BCUT2D eigenvalue weighted by Crippen LogP contribution is 2.41. The summed E-state index contributed by atoms with van der Waals surface area (Å²) in [6.07, 6.45) is 27.2. The third kappa shape index (κ3) is 4.87. The van der Waals surface area contributed by atoms with E-state index < -0.39 is 0 Å². The fourth-order valence-corrected chi connectivity index (χ4v) is 5.29. The molecule has 3 fully saturated rings. The highest BCUT2D eigenvalue weighted by molar-refractivity contribution is 5.09. The summed E-state index contributed by atoms with van der Waals surface area (Å²) >= 11 is 0. The second-order valence-electron chi connectivity index (χ2n) is 8.70. The standard InChI is InChI=1S/C25H36/c1-4-19-7-9-21(15-19)11-12-23-17-24(6-3)25(18-23)14-13-22-10-8-20(5-2)16-22/h4-6,11-14,19-25H,1-3,7-10,15-18H2/b12-11-,14-13-. The van der Waals surface area contributed by atoms with Crippen molar-refractivity contribution in [2.24, 2.45) is 41.4 Å². The molecule has 25 heavy (non-hydrogen) atoms. The average molecular weight is 337 g/mol. The maximum absolute atomic E-state index is 4.11. The van der Waals surface area contributed by atoms with Crippen molar-refractivity contribution in [3.63, 3.8) is 0 Å². The second-order valence-corrected chi connectivity index (χ2v) is 8.70. The first-order valence-electron chi connectivity index (χ1n) is 10.5. The van der Waals surface area contributed by atoms with Gasteiger partial charge in [0.15, 0.2) is 0 Å². The topological polar surface area (TPSA) is 0 Å². The molecule has 0 N–H and O–H groups in total. The van der Waals surface area contributed by atoms with Crippen LogP contribution in [0.3, 0.4) is 0 Å². The Bertz CT molecular complexity index is 522. The van der Waals surface area contributed by atoms with E-state index in [4.69, 9.17) is 0 Å². The summed E-state index contributed by atoms with van der Waals surface area (Å²) in [7, 11) is 0. The van der Waals surface area contributed by atoms with Crippen molar-refractivity contribution in [2.75, 3.05) is 0 Å². The van der Waals surface area contributed by atoms with Crippen LogP contribution in [0.2, 0.25) is 0 Å². The lowest BCUT2D eigenvalue weighted by Gasteiger charge is -2.12. The van der Waals surface area contributed by atoms with Crippen LogP contribution in [0.5, 0.6) is 0 Å². The zero-order valence-corrected chi connectivity index (χ0v) is 15.9. The van der Waals surface area contributed by atoms with Crippen LogP contribution in [0, 0.1) is 41.4 Å². The van der Waals surface area contributed by atoms with Crippen LogP contribution < -0.4 is 0 Å². The number of hydrogen-bond acceptors (Lipinski definition) is 0. The molecule has 0 heteroatoms. The molecule has 3 rings (SSSR count). The van der Waals surface area contributed by atoms with Gasteiger partial charge in [0, 0.05) is 0 Å². The van der Waals surface area contributed by atoms with Crippen LogP contribution in [-0.2, 0) is 0 Å². The minimum absolute atomic E-state index is 0.659. The third-order valence-electron chi connectivity index (χ3n) is 6.98. The van der Waals surface area contributed by atoms with Gasteiger partial charge < -0.3 is 0 Å². The van der Waals surface area contributed by atoms with Crippen molar-refractivity contribution in [1.29, 1.82) is 0 Å². The maximum atomic E-state index is 4.11. The van der Waals surface area contributed by atoms with Crippen LogP contribution in [-0.4, -0.2) is 0 Å². The van der Waals surface area contributed by atoms with Crippen molar-refractivity contribution < 1.29 is 0 Å². The number of hydrogen-bond donors (Lipinski definition) is 0. The Labute approximate surface area is 155 Å². The van der Waals surface area contributed by atoms with Gasteiger partial charge in [0.2, 0.25) is 0 Å². The van der Waals surface area contributed by atoms with Gasteiger partial charge in [0.05, 0.1) is 0 Å². The zero-order valence-electron chi connectivity index (χ0n) is 15.9. The molecule has 0 heterocycles. The summed E-state index contributed by atoms with van der Waals surface area (Å²) < 4.78 is 0. The molecule has 7 unspecified atom stereocenters. The lowest BCUT2D eigenvalue weighted by atomic mass is 9.93. The second kappa shape index (κ2) is 8.88. The molecule has 0 aromatic rings. The minimum Gasteiger partial charge on any atom is -0.103 e. The minimum atomic E-state index is 0.659. The summed E-state index contributed by atoms with van der Waals surface area (Å²) in [5, 5.41) is 0. The summed E-state index contributed by atoms with van der Waals surface area (Å²) in [6.45, 7) is 12.0. The third-order valence-corrected chi connectivity index (χ3v) is 6.98. The number of allylic oxidation sites excluding steroid dienone is 7. The molecule has 0 saturated heterocycles. The van der Waals surface area contributed by atoms with Gasteiger partial charge in [-0.15, -0.1) is 19.7 Å². The van der Waals surface area contributed by atoms with E-state index in [1.165, 1.54) is 51.4 Å². The predicted molar refractivity (Wildman–Crippen MR) is 110 cm³/mol. The van der Waals surface area contributed by atoms with Crippen molar-refractivity contribution in [1.82, 2.24) is 0 Å². The molecule has 136 valence electrons. The molecule has 0 radical (unpaired) electrons. The SMILES string of the molecule is C=CC1CCC(/C=C\C2CC(C=C)C(/C=C\C3CCC(C=C)C3)C2)C1. The van der Waals surface area contributed by atoms with Gasteiger partial charge in [-0.25, -0.2) is 0 Å². The molecule has 0 amide bonds. The van der Waals surface area contributed by atoms with E-state index in [1.807, 2.05) is 0 Å². The summed E-state index contributed by atoms with van der Waals surface area (Å²) in [6, 6.07) is 0. The Morgan fingerprint density at radius 2 is 0.920 bits per heavy atom. The molecular weight excluding hydrogens is 300 g/mol. The normalized spacial score (nSPS) is 41.7. The molecule has 3 aliphatic carbocycles. The van der Waals surface area contributed by atoms with Crippen molar-refractivity contribution >= 4 is 0 Å². The van der Waals surface area contributed by atoms with E-state index >= 15 is 0 Å². The molecule has 0 bridgehead atoms. The van der Waals surface area contributed by atoms with Crippen molar-refractivity contribution in [3.8, 4) is 0 Å². The largest absolute Gasteiger partial charge is 0.103 e. The van der Waals surface area contributed by atoms with Gasteiger partial charge in [0.25, 0.3) is 0 Å². The molecule has 3 aliphatic rings. The van der Waals surface area contributed by atoms with Gasteiger partial charge in [-0.2, -0.15) is 0 Å². The Morgan fingerprint density at radius 3 is 1.44 bits per heavy atom. The first kappa shape index (κ1) is 18.5. The van der Waals surface area contributed by atoms with Gasteiger partial charge in [-0.05, 0) is 92.8 Å². The van der Waals surface area contributed by atoms with E-state index in [0.717, 1.165) is 29.6 Å². The van der Waals surface area contributed by atoms with E-state index in [-0.39, 0.29) is 0 Å². The summed E-state index contributed by atoms with van der Waals surface area (Å²) in [5.74, 6) is 5.15. The lowest BCUT2D eigenvalue weighted by molar-refractivity contribution is 0.550. The Morgan fingerprint density at radius 1 is 0.440 bits per heavy atom. The van der Waals surface area contributed by atoms with Crippen LogP contribution >= 0.6 is 0 Å². The van der Waals surface area contributed by atoms with E-state index in [2.05, 4.69) is 62.3 Å². The van der Waals surface area contributed by atoms with Crippen LogP contribution in [0.1, 0.15) is 51.4 Å². The molecular formula is C25H36. The van der Waals surface area contributed by atoms with Gasteiger partial charge in [0.1, 0.15) is 0 Å². The first-order chi connectivity index (χ1) is 12.2. The molecule has 3 saturated carbocycles. The zero-order chi connectivity index (χ0) is 17.6. The Balaban J connectivity index is 1.51. The smallest absolute Gasteiger partial charge is 0.0165 e. The average Bonchev–Trinajstić information content (AvgIpc) is 3.36. The van der Waals surface area contributed by atoms with Gasteiger partial charge >= 0.3 is 0 Å². The first-order valence-corrected chi connectivity index (χ1v) is 10.5. The predicted octanol–water partition coefficient (Wildman–Crippen LogP) is 7.13. The molecule has 0 aromatic carbocycles. The quantitative estimate of drug-likeness (QED) is 0.434. The van der Waals surface area contributed by atoms with Crippen LogP contribution in [0.25, 0.3) is 0 Å². The maximum Gasteiger partial charge on any atom is -0.0165 e. The van der Waals surface area contributed by atoms with Gasteiger partial charge in [-0.3, -0.25) is 0 Å². The van der Waals surface area contributed by atoms with E-state index in [1.54, 1.807) is 0 Å². The fraction of sp³-hybridized carbons (Fsp3) is 0.600. The summed E-state index contributed by atoms with van der Waals surface area (Å²) in [4.78, 5) is 0. The van der Waals surface area contributed by atoms with E-state index in [9.17, 15) is 0 Å². The molecule has 0 spiro atoms. The molecule has 0 aliphatic heterocycles. The Kier molecular flexibility index (Phi) is 6.57. The number of rotatable bonds is 7. The molecule has 0 aromatic heterocycles. The van der Waals surface area contributed by atoms with E-state index in [0.29, 0.717) is 11.8 Å². The monoisotopic (exact) mass is 336 g/mol. The van der Waals surface area contributed by atoms with Gasteiger partial charge in [-0.1, -0.05) is 42.5 Å². The highest BCUT2D eigenvalue weighted by atomic mass is 14.3. The van der Waals surface area contributed by atoms with Crippen molar-refractivity contribution in [3.05, 3.63) is 62.3 Å². The highest BCUT2D eigenvalue weighted by Gasteiger charge is 2.30. The summed E-state index contributed by atoms with van der Waals surface area (Å²) in [5.41, 5.74) is 0. The van der Waals surface area contributed by atoms with Crippen molar-refractivity contribution in [2.45, 2.75) is 51.4 Å². The Hall–Kier alpha value is -1.30. The molecule has 7 atom stereocenters. The molecule has 0 nitrogen and oxygen atoms in total. The van der Waals surface area contributed by atoms with Crippen LogP contribution in [0.15, 0.2) is 62.3 Å².